The topological polar surface area (TPSA) is 72.5 Å². The van der Waals surface area contributed by atoms with E-state index in [2.05, 4.69) is 9.46 Å². The molecule has 2 rings (SSSR count). The minimum absolute atomic E-state index is 0.0539. The zero-order valence-electron chi connectivity index (χ0n) is 13.5. The number of ether oxygens (including phenoxy) is 1. The fraction of sp³-hybridized carbons (Fsp3) is 0.235. The molecule has 0 aliphatic heterocycles. The number of esters is 1. The highest BCUT2D eigenvalue weighted by molar-refractivity contribution is 7.99. The minimum Gasteiger partial charge on any atom is -0.465 e. The average Bonchev–Trinajstić information content (AvgIpc) is 2.59. The third-order valence-corrected chi connectivity index (χ3v) is 5.80. The summed E-state index contributed by atoms with van der Waals surface area (Å²) in [5.74, 6) is 0.0584. The lowest BCUT2D eigenvalue weighted by molar-refractivity contribution is 0.0599. The van der Waals surface area contributed by atoms with E-state index in [1.807, 2.05) is 30.3 Å². The van der Waals surface area contributed by atoms with Gasteiger partial charge >= 0.3 is 5.97 Å². The normalized spacial score (nSPS) is 11.2. The van der Waals surface area contributed by atoms with Gasteiger partial charge in [0.15, 0.2) is 0 Å². The van der Waals surface area contributed by atoms with Gasteiger partial charge in [-0.25, -0.2) is 17.9 Å². The van der Waals surface area contributed by atoms with Crippen molar-refractivity contribution < 1.29 is 17.9 Å². The molecular weight excluding hydrogens is 346 g/mol. The Labute approximate surface area is 146 Å². The van der Waals surface area contributed by atoms with Crippen molar-refractivity contribution in [3.63, 3.8) is 0 Å². The lowest BCUT2D eigenvalue weighted by atomic mass is 10.1. The molecular formula is C17H19NO4S2. The number of hydrogen-bond acceptors (Lipinski definition) is 5. The van der Waals surface area contributed by atoms with Crippen molar-refractivity contribution >= 4 is 27.8 Å². The fourth-order valence-electron chi connectivity index (χ4n) is 2.04. The molecule has 1 N–H and O–H groups in total. The largest absolute Gasteiger partial charge is 0.465 e. The summed E-state index contributed by atoms with van der Waals surface area (Å²) in [4.78, 5) is 12.8. The van der Waals surface area contributed by atoms with Crippen LogP contribution in [0.5, 0.6) is 0 Å². The van der Waals surface area contributed by atoms with E-state index in [1.165, 1.54) is 19.2 Å². The summed E-state index contributed by atoms with van der Waals surface area (Å²) >= 11 is 1.57. The van der Waals surface area contributed by atoms with Gasteiger partial charge in [0.2, 0.25) is 10.0 Å². The van der Waals surface area contributed by atoms with Crippen LogP contribution in [0.4, 0.5) is 0 Å². The van der Waals surface area contributed by atoms with Crippen molar-refractivity contribution in [3.8, 4) is 0 Å². The van der Waals surface area contributed by atoms with E-state index < -0.39 is 16.0 Å². The van der Waals surface area contributed by atoms with Crippen molar-refractivity contribution in [2.75, 3.05) is 19.4 Å². The molecule has 0 aromatic heterocycles. The first-order valence-corrected chi connectivity index (χ1v) is 9.77. The van der Waals surface area contributed by atoms with Crippen molar-refractivity contribution in [1.29, 1.82) is 0 Å². The van der Waals surface area contributed by atoms with Gasteiger partial charge in [-0.1, -0.05) is 24.3 Å². The van der Waals surface area contributed by atoms with Crippen LogP contribution in [0.1, 0.15) is 15.9 Å². The minimum atomic E-state index is -3.67. The maximum absolute atomic E-state index is 12.3. The maximum atomic E-state index is 12.3. The van der Waals surface area contributed by atoms with Gasteiger partial charge in [-0.2, -0.15) is 0 Å². The first-order chi connectivity index (χ1) is 11.4. The third kappa shape index (κ3) is 4.83. The van der Waals surface area contributed by atoms with Crippen molar-refractivity contribution in [2.45, 2.75) is 16.7 Å². The van der Waals surface area contributed by atoms with Crippen LogP contribution < -0.4 is 4.72 Å². The molecule has 5 nitrogen and oxygen atoms in total. The number of hydrogen-bond donors (Lipinski definition) is 1. The molecule has 0 radical (unpaired) electrons. The number of benzene rings is 2. The van der Waals surface area contributed by atoms with Gasteiger partial charge in [0, 0.05) is 17.2 Å². The number of sulfonamides is 1. The number of aryl methyl sites for hydroxylation is 1. The molecule has 24 heavy (non-hydrogen) atoms. The summed E-state index contributed by atoms with van der Waals surface area (Å²) in [7, 11) is -2.40. The van der Waals surface area contributed by atoms with Crippen molar-refractivity contribution in [1.82, 2.24) is 4.72 Å². The standard InChI is InChI=1S/C17H19NO4S2/c1-13-8-9-15(12-16(13)17(19)22-2)24(20,21)18-10-11-23-14-6-4-3-5-7-14/h3-9,12,18H,10-11H2,1-2H3. The second-order valence-electron chi connectivity index (χ2n) is 5.03. The number of rotatable bonds is 7. The maximum Gasteiger partial charge on any atom is 0.338 e. The Balaban J connectivity index is 2.01. The number of thioether (sulfide) groups is 1. The number of carbonyl (C=O) groups is 1. The molecule has 0 unspecified atom stereocenters. The van der Waals surface area contributed by atoms with E-state index in [1.54, 1.807) is 24.8 Å². The second-order valence-corrected chi connectivity index (χ2v) is 7.96. The molecule has 0 heterocycles. The molecule has 0 saturated carbocycles. The summed E-state index contributed by atoms with van der Waals surface area (Å²) < 4.78 is 31.9. The molecule has 2 aromatic carbocycles. The zero-order chi connectivity index (χ0) is 17.6. The molecule has 0 aliphatic carbocycles. The molecule has 128 valence electrons. The Morgan fingerprint density at radius 3 is 2.54 bits per heavy atom. The van der Waals surface area contributed by atoms with Crippen LogP contribution in [-0.2, 0) is 14.8 Å². The molecule has 7 heteroatoms. The molecule has 0 saturated heterocycles. The number of carbonyl (C=O) groups excluding carboxylic acids is 1. The molecule has 0 amide bonds. The summed E-state index contributed by atoms with van der Waals surface area (Å²) in [6.07, 6.45) is 0. The van der Waals surface area contributed by atoms with E-state index >= 15 is 0 Å². The van der Waals surface area contributed by atoms with Crippen LogP contribution in [0.15, 0.2) is 58.3 Å². The highest BCUT2D eigenvalue weighted by Gasteiger charge is 2.18. The smallest absolute Gasteiger partial charge is 0.338 e. The van der Waals surface area contributed by atoms with Gasteiger partial charge in [0.05, 0.1) is 17.6 Å². The van der Waals surface area contributed by atoms with E-state index in [0.29, 0.717) is 17.9 Å². The molecule has 2 aromatic rings. The van der Waals surface area contributed by atoms with Gasteiger partial charge in [-0.05, 0) is 36.8 Å². The summed E-state index contributed by atoms with van der Waals surface area (Å²) in [6, 6.07) is 14.2. The lowest BCUT2D eigenvalue weighted by Crippen LogP contribution is -2.26. The van der Waals surface area contributed by atoms with Gasteiger partial charge in [-0.15, -0.1) is 11.8 Å². The first-order valence-electron chi connectivity index (χ1n) is 7.30. The van der Waals surface area contributed by atoms with Crippen molar-refractivity contribution in [3.05, 3.63) is 59.7 Å². The first kappa shape index (κ1) is 18.5. The van der Waals surface area contributed by atoms with E-state index in [-0.39, 0.29) is 10.5 Å². The molecule has 0 aliphatic rings. The van der Waals surface area contributed by atoms with Crippen molar-refractivity contribution in [2.24, 2.45) is 0 Å². The van der Waals surface area contributed by atoms with Crippen LogP contribution in [0.2, 0.25) is 0 Å². The predicted molar refractivity (Wildman–Crippen MR) is 94.9 cm³/mol. The van der Waals surface area contributed by atoms with Crippen LogP contribution in [0, 0.1) is 6.92 Å². The number of nitrogens with one attached hydrogen (secondary N) is 1. The van der Waals surface area contributed by atoms with E-state index in [0.717, 1.165) is 4.90 Å². The van der Waals surface area contributed by atoms with E-state index in [9.17, 15) is 13.2 Å². The summed E-state index contributed by atoms with van der Waals surface area (Å²) in [5.41, 5.74) is 0.916. The fourth-order valence-corrected chi connectivity index (χ4v) is 4.02. The van der Waals surface area contributed by atoms with Crippen LogP contribution in [0.3, 0.4) is 0 Å². The predicted octanol–water partition coefficient (Wildman–Crippen LogP) is 2.85. The Morgan fingerprint density at radius 1 is 1.17 bits per heavy atom. The Bertz CT molecular complexity index is 805. The Hall–Kier alpha value is -1.83. The van der Waals surface area contributed by atoms with E-state index in [4.69, 9.17) is 0 Å². The molecule has 0 fully saturated rings. The zero-order valence-corrected chi connectivity index (χ0v) is 15.1. The monoisotopic (exact) mass is 365 g/mol. The molecule has 0 spiro atoms. The quantitative estimate of drug-likeness (QED) is 0.464. The highest BCUT2D eigenvalue weighted by atomic mass is 32.2. The van der Waals surface area contributed by atoms with Gasteiger partial charge < -0.3 is 4.74 Å². The van der Waals surface area contributed by atoms with Gasteiger partial charge in [0.25, 0.3) is 0 Å². The third-order valence-electron chi connectivity index (χ3n) is 3.33. The van der Waals surface area contributed by atoms with Gasteiger partial charge in [-0.3, -0.25) is 0 Å². The number of methoxy groups -OCH3 is 1. The summed E-state index contributed by atoms with van der Waals surface area (Å²) in [6.45, 7) is 2.02. The molecule has 0 atom stereocenters. The van der Waals surface area contributed by atoms with Crippen LogP contribution >= 0.6 is 11.8 Å². The highest BCUT2D eigenvalue weighted by Crippen LogP contribution is 2.18. The lowest BCUT2D eigenvalue weighted by Gasteiger charge is -2.09. The summed E-state index contributed by atoms with van der Waals surface area (Å²) in [5, 5.41) is 0. The van der Waals surface area contributed by atoms with Crippen LogP contribution in [-0.4, -0.2) is 33.8 Å². The second kappa shape index (κ2) is 8.32. The molecule has 0 bridgehead atoms. The Morgan fingerprint density at radius 2 is 1.88 bits per heavy atom. The Kier molecular flexibility index (Phi) is 6.42. The van der Waals surface area contributed by atoms with Crippen LogP contribution in [0.25, 0.3) is 0 Å². The SMILES string of the molecule is COC(=O)c1cc(S(=O)(=O)NCCSc2ccccc2)ccc1C. The van der Waals surface area contributed by atoms with Gasteiger partial charge in [0.1, 0.15) is 0 Å². The average molecular weight is 365 g/mol.